The van der Waals surface area contributed by atoms with Gasteiger partial charge in [-0.3, -0.25) is 4.79 Å². The Morgan fingerprint density at radius 1 is 1.19 bits per heavy atom. The summed E-state index contributed by atoms with van der Waals surface area (Å²) in [4.78, 5) is 26.3. The highest BCUT2D eigenvalue weighted by Gasteiger charge is 2.63. The predicted molar refractivity (Wildman–Crippen MR) is 101 cm³/mol. The molecule has 1 spiro atoms. The molecule has 1 aromatic carbocycles. The van der Waals surface area contributed by atoms with Gasteiger partial charge in [-0.15, -0.1) is 0 Å². The number of fused-ring (bicyclic) bond motifs is 1. The Bertz CT molecular complexity index is 804. The van der Waals surface area contributed by atoms with E-state index in [0.29, 0.717) is 25.4 Å². The number of carbonyl (C=O) groups excluding carboxylic acids is 2. The van der Waals surface area contributed by atoms with Gasteiger partial charge in [0.1, 0.15) is 6.61 Å². The summed E-state index contributed by atoms with van der Waals surface area (Å²) in [6.07, 6.45) is 2.28. The molecular weight excluding hydrogens is 340 g/mol. The standard InChI is InChI=1S/C22H28N2O3/c1-20(2,3)15-4-6-16(7-5-15)22-10-17(22)11-24(12-22)18(25)14-8-21(9-14)13-27-19(26)23-21/h4-7,14,17H,8-13H2,1-3H3,(H,23,26)/t14-,17?,21+,22?. The maximum absolute atomic E-state index is 12.9. The van der Waals surface area contributed by atoms with Gasteiger partial charge >= 0.3 is 6.09 Å². The third-order valence-electron chi connectivity index (χ3n) is 7.25. The van der Waals surface area contributed by atoms with Gasteiger partial charge in [-0.25, -0.2) is 4.79 Å². The van der Waals surface area contributed by atoms with Crippen LogP contribution in [0.2, 0.25) is 0 Å². The van der Waals surface area contributed by atoms with Crippen molar-refractivity contribution in [3.63, 3.8) is 0 Å². The molecule has 144 valence electrons. The molecule has 2 saturated heterocycles. The number of nitrogens with zero attached hydrogens (tertiary/aromatic N) is 1. The van der Waals surface area contributed by atoms with Crippen LogP contribution in [0.25, 0.3) is 0 Å². The highest BCUT2D eigenvalue weighted by atomic mass is 16.6. The van der Waals surface area contributed by atoms with Crippen molar-refractivity contribution in [2.24, 2.45) is 11.8 Å². The number of cyclic esters (lactones) is 1. The summed E-state index contributed by atoms with van der Waals surface area (Å²) in [5, 5.41) is 2.88. The summed E-state index contributed by atoms with van der Waals surface area (Å²) < 4.78 is 5.02. The Labute approximate surface area is 160 Å². The predicted octanol–water partition coefficient (Wildman–Crippen LogP) is 2.97. The molecule has 27 heavy (non-hydrogen) atoms. The average molecular weight is 368 g/mol. The fourth-order valence-corrected chi connectivity index (χ4v) is 5.43. The summed E-state index contributed by atoms with van der Waals surface area (Å²) in [7, 11) is 0. The normalized spacial score (nSPS) is 36.9. The zero-order valence-electron chi connectivity index (χ0n) is 16.4. The molecule has 0 aromatic heterocycles. The molecule has 4 aliphatic rings. The Balaban J connectivity index is 1.24. The molecule has 1 aromatic rings. The number of rotatable bonds is 2. The molecule has 1 N–H and O–H groups in total. The molecule has 2 aliphatic carbocycles. The number of alkyl carbamates (subject to hydrolysis) is 1. The number of benzene rings is 1. The van der Waals surface area contributed by atoms with Crippen molar-refractivity contribution in [3.05, 3.63) is 35.4 Å². The molecule has 0 radical (unpaired) electrons. The molecule has 2 aliphatic heterocycles. The average Bonchev–Trinajstić information content (AvgIpc) is 2.96. The Morgan fingerprint density at radius 2 is 1.89 bits per heavy atom. The Kier molecular flexibility index (Phi) is 3.33. The zero-order valence-corrected chi connectivity index (χ0v) is 16.4. The maximum atomic E-state index is 12.9. The second-order valence-electron chi connectivity index (χ2n) is 10.2. The van der Waals surface area contributed by atoms with Crippen LogP contribution in [0.4, 0.5) is 4.79 Å². The van der Waals surface area contributed by atoms with Gasteiger partial charge in [-0.2, -0.15) is 0 Å². The van der Waals surface area contributed by atoms with E-state index in [-0.39, 0.29) is 34.3 Å². The summed E-state index contributed by atoms with van der Waals surface area (Å²) in [5.41, 5.74) is 2.80. The van der Waals surface area contributed by atoms with Gasteiger partial charge in [0.2, 0.25) is 5.91 Å². The number of hydrogen-bond donors (Lipinski definition) is 1. The summed E-state index contributed by atoms with van der Waals surface area (Å²) in [6.45, 7) is 8.84. The third-order valence-corrected chi connectivity index (χ3v) is 7.25. The van der Waals surface area contributed by atoms with Crippen LogP contribution in [0.1, 0.15) is 51.2 Å². The molecule has 5 rings (SSSR count). The first-order valence-electron chi connectivity index (χ1n) is 10.1. The van der Waals surface area contributed by atoms with Gasteiger partial charge in [-0.1, -0.05) is 45.0 Å². The molecule has 5 heteroatoms. The van der Waals surface area contributed by atoms with E-state index < -0.39 is 0 Å². The highest BCUT2D eigenvalue weighted by molar-refractivity contribution is 5.82. The van der Waals surface area contributed by atoms with E-state index in [1.54, 1.807) is 0 Å². The number of amides is 2. The molecule has 2 atom stereocenters. The number of nitrogens with one attached hydrogen (secondary N) is 1. The van der Waals surface area contributed by atoms with Crippen LogP contribution in [0, 0.1) is 11.8 Å². The number of ether oxygens (including phenoxy) is 1. The van der Waals surface area contributed by atoms with Gasteiger partial charge in [0.25, 0.3) is 0 Å². The van der Waals surface area contributed by atoms with Crippen LogP contribution in [-0.2, 0) is 20.4 Å². The van der Waals surface area contributed by atoms with Crippen molar-refractivity contribution in [1.82, 2.24) is 10.2 Å². The summed E-state index contributed by atoms with van der Waals surface area (Å²) >= 11 is 0. The lowest BCUT2D eigenvalue weighted by Crippen LogP contribution is -2.58. The number of carbonyl (C=O) groups is 2. The van der Waals surface area contributed by atoms with E-state index in [0.717, 1.165) is 13.1 Å². The van der Waals surface area contributed by atoms with E-state index in [9.17, 15) is 9.59 Å². The van der Waals surface area contributed by atoms with Crippen molar-refractivity contribution in [2.45, 2.75) is 56.4 Å². The maximum Gasteiger partial charge on any atom is 0.407 e. The summed E-state index contributed by atoms with van der Waals surface area (Å²) in [5.74, 6) is 0.898. The van der Waals surface area contributed by atoms with E-state index in [1.807, 2.05) is 0 Å². The Hall–Kier alpha value is -2.04. The van der Waals surface area contributed by atoms with E-state index in [1.165, 1.54) is 17.5 Å². The summed E-state index contributed by atoms with van der Waals surface area (Å²) in [6, 6.07) is 9.06. The number of piperidine rings is 1. The molecule has 0 bridgehead atoms. The zero-order chi connectivity index (χ0) is 19.0. The first kappa shape index (κ1) is 17.1. The first-order valence-corrected chi connectivity index (χ1v) is 10.1. The second kappa shape index (κ2) is 5.27. The van der Waals surface area contributed by atoms with Crippen molar-refractivity contribution >= 4 is 12.0 Å². The highest BCUT2D eigenvalue weighted by Crippen LogP contribution is 2.59. The quantitative estimate of drug-likeness (QED) is 0.873. The van der Waals surface area contributed by atoms with Crippen molar-refractivity contribution in [1.29, 1.82) is 0 Å². The second-order valence-corrected chi connectivity index (χ2v) is 10.2. The number of likely N-dealkylation sites (tertiary alicyclic amines) is 1. The fraction of sp³-hybridized carbons (Fsp3) is 0.636. The van der Waals surface area contributed by atoms with E-state index in [4.69, 9.17) is 4.74 Å². The van der Waals surface area contributed by atoms with Gasteiger partial charge in [0.05, 0.1) is 5.54 Å². The van der Waals surface area contributed by atoms with Crippen LogP contribution in [0.5, 0.6) is 0 Å². The van der Waals surface area contributed by atoms with Crippen LogP contribution >= 0.6 is 0 Å². The lowest BCUT2D eigenvalue weighted by molar-refractivity contribution is -0.140. The minimum Gasteiger partial charge on any atom is -0.447 e. The molecule has 2 unspecified atom stereocenters. The van der Waals surface area contributed by atoms with Crippen LogP contribution < -0.4 is 5.32 Å². The Morgan fingerprint density at radius 3 is 2.48 bits per heavy atom. The van der Waals surface area contributed by atoms with Gasteiger partial charge < -0.3 is 15.0 Å². The molecular formula is C22H28N2O3. The lowest BCUT2D eigenvalue weighted by Gasteiger charge is -2.43. The SMILES string of the molecule is CC(C)(C)c1ccc(C23CC2CN(C(=O)[C@H]2C[C@]4(COC(=O)N4)C2)C3)cc1. The largest absolute Gasteiger partial charge is 0.447 e. The smallest absolute Gasteiger partial charge is 0.407 e. The van der Waals surface area contributed by atoms with Crippen LogP contribution in [-0.4, -0.2) is 42.1 Å². The monoisotopic (exact) mass is 368 g/mol. The van der Waals surface area contributed by atoms with Crippen molar-refractivity contribution in [2.75, 3.05) is 19.7 Å². The van der Waals surface area contributed by atoms with Gasteiger partial charge in [0.15, 0.2) is 0 Å². The van der Waals surface area contributed by atoms with Crippen molar-refractivity contribution < 1.29 is 14.3 Å². The van der Waals surface area contributed by atoms with Gasteiger partial charge in [0, 0.05) is 24.4 Å². The molecule has 2 amide bonds. The topological polar surface area (TPSA) is 58.6 Å². The number of hydrogen-bond acceptors (Lipinski definition) is 3. The first-order chi connectivity index (χ1) is 12.7. The van der Waals surface area contributed by atoms with E-state index >= 15 is 0 Å². The molecule has 2 heterocycles. The van der Waals surface area contributed by atoms with Crippen LogP contribution in [0.15, 0.2) is 24.3 Å². The van der Waals surface area contributed by atoms with E-state index in [2.05, 4.69) is 55.3 Å². The fourth-order valence-electron chi connectivity index (χ4n) is 5.43. The molecule has 5 nitrogen and oxygen atoms in total. The van der Waals surface area contributed by atoms with Gasteiger partial charge in [-0.05, 0) is 41.7 Å². The minimum atomic E-state index is -0.346. The van der Waals surface area contributed by atoms with Crippen LogP contribution in [0.3, 0.4) is 0 Å². The molecule has 4 fully saturated rings. The van der Waals surface area contributed by atoms with Crippen molar-refractivity contribution in [3.8, 4) is 0 Å². The third kappa shape index (κ3) is 2.58. The molecule has 2 saturated carbocycles. The lowest BCUT2D eigenvalue weighted by atomic mass is 9.68. The minimum absolute atomic E-state index is 0.0322.